The van der Waals surface area contributed by atoms with Crippen LogP contribution in [-0.4, -0.2) is 40.5 Å². The summed E-state index contributed by atoms with van der Waals surface area (Å²) in [6.07, 6.45) is -0.120. The van der Waals surface area contributed by atoms with E-state index >= 15 is 0 Å². The van der Waals surface area contributed by atoms with Crippen LogP contribution in [0.15, 0.2) is 23.6 Å². The fraction of sp³-hybridized carbons (Fsp3) is 0.353. The van der Waals surface area contributed by atoms with E-state index in [9.17, 15) is 14.0 Å². The van der Waals surface area contributed by atoms with Crippen LogP contribution in [0.3, 0.4) is 0 Å². The fourth-order valence-electron chi connectivity index (χ4n) is 2.25. The van der Waals surface area contributed by atoms with Crippen LogP contribution in [0.25, 0.3) is 0 Å². The van der Waals surface area contributed by atoms with Crippen LogP contribution in [-0.2, 0) is 11.3 Å². The first-order chi connectivity index (χ1) is 11.8. The molecule has 0 aliphatic rings. The predicted molar refractivity (Wildman–Crippen MR) is 91.3 cm³/mol. The van der Waals surface area contributed by atoms with Gasteiger partial charge in [-0.2, -0.15) is 0 Å². The molecule has 1 unspecified atom stereocenters. The maximum Gasteiger partial charge on any atom is 0.335 e. The summed E-state index contributed by atoms with van der Waals surface area (Å²) in [5, 5.41) is 11.5. The molecule has 0 saturated carbocycles. The Morgan fingerprint density at radius 3 is 2.76 bits per heavy atom. The summed E-state index contributed by atoms with van der Waals surface area (Å²) in [7, 11) is 1.54. The van der Waals surface area contributed by atoms with Gasteiger partial charge in [-0.05, 0) is 32.0 Å². The molecule has 25 heavy (non-hydrogen) atoms. The van der Waals surface area contributed by atoms with E-state index in [1.165, 1.54) is 35.4 Å². The molecule has 8 heteroatoms. The van der Waals surface area contributed by atoms with E-state index < -0.39 is 17.7 Å². The average molecular weight is 366 g/mol. The van der Waals surface area contributed by atoms with Crippen molar-refractivity contribution < 1.29 is 23.8 Å². The second kappa shape index (κ2) is 8.17. The monoisotopic (exact) mass is 366 g/mol. The van der Waals surface area contributed by atoms with Crippen molar-refractivity contribution in [3.05, 3.63) is 51.2 Å². The van der Waals surface area contributed by atoms with Crippen molar-refractivity contribution in [2.45, 2.75) is 26.5 Å². The molecule has 1 aromatic heterocycles. The van der Waals surface area contributed by atoms with Crippen LogP contribution in [0.2, 0.25) is 0 Å². The maximum absolute atomic E-state index is 14.0. The summed E-state index contributed by atoms with van der Waals surface area (Å²) in [4.78, 5) is 29.0. The van der Waals surface area contributed by atoms with E-state index in [4.69, 9.17) is 9.84 Å². The lowest BCUT2D eigenvalue weighted by molar-refractivity contribution is 0.0693. The Balaban J connectivity index is 2.09. The first-order valence-corrected chi connectivity index (χ1v) is 8.55. The molecule has 0 spiro atoms. The van der Waals surface area contributed by atoms with E-state index in [1.54, 1.807) is 0 Å². The Morgan fingerprint density at radius 1 is 1.44 bits per heavy atom. The summed E-state index contributed by atoms with van der Waals surface area (Å²) < 4.78 is 19.5. The number of carbonyl (C=O) groups is 2. The highest BCUT2D eigenvalue weighted by atomic mass is 32.1. The van der Waals surface area contributed by atoms with E-state index in [-0.39, 0.29) is 23.8 Å². The molecule has 1 atom stereocenters. The number of carbonyl (C=O) groups excluding carboxylic acids is 1. The van der Waals surface area contributed by atoms with Gasteiger partial charge < -0.3 is 14.7 Å². The van der Waals surface area contributed by atoms with Crippen molar-refractivity contribution in [2.24, 2.45) is 0 Å². The summed E-state index contributed by atoms with van der Waals surface area (Å²) in [6.45, 7) is 4.61. The molecule has 0 bridgehead atoms. The van der Waals surface area contributed by atoms with Gasteiger partial charge >= 0.3 is 5.97 Å². The van der Waals surface area contributed by atoms with Crippen molar-refractivity contribution in [3.8, 4) is 0 Å². The molecule has 0 fully saturated rings. The molecule has 0 aliphatic carbocycles. The normalized spacial score (nSPS) is 12.0. The highest BCUT2D eigenvalue weighted by Crippen LogP contribution is 2.22. The Labute approximate surface area is 148 Å². The van der Waals surface area contributed by atoms with Crippen molar-refractivity contribution >= 4 is 23.2 Å². The van der Waals surface area contributed by atoms with Crippen molar-refractivity contribution in [3.63, 3.8) is 0 Å². The minimum absolute atomic E-state index is 0.120. The first kappa shape index (κ1) is 19.0. The molecular weight excluding hydrogens is 347 g/mol. The number of aromatic carboxylic acids is 1. The molecule has 1 N–H and O–H groups in total. The van der Waals surface area contributed by atoms with Gasteiger partial charge in [-0.1, -0.05) is 0 Å². The van der Waals surface area contributed by atoms with Crippen molar-refractivity contribution in [1.29, 1.82) is 0 Å². The number of carboxylic acid groups (broad SMARTS) is 1. The third kappa shape index (κ3) is 4.61. The predicted octanol–water partition coefficient (Wildman–Crippen LogP) is 3.35. The zero-order chi connectivity index (χ0) is 18.6. The van der Waals surface area contributed by atoms with Gasteiger partial charge in [0.25, 0.3) is 5.91 Å². The number of hydrogen-bond acceptors (Lipinski definition) is 5. The largest absolute Gasteiger partial charge is 0.478 e. The number of carboxylic acids is 1. The Bertz CT molecular complexity index is 778. The lowest BCUT2D eigenvalue weighted by atomic mass is 10.1. The minimum atomic E-state index is -1.25. The number of amides is 1. The highest BCUT2D eigenvalue weighted by Gasteiger charge is 2.19. The zero-order valence-corrected chi connectivity index (χ0v) is 15.0. The molecule has 0 radical (unpaired) electrons. The van der Waals surface area contributed by atoms with Gasteiger partial charge in [0.05, 0.1) is 23.4 Å². The van der Waals surface area contributed by atoms with Crippen LogP contribution in [0.4, 0.5) is 4.39 Å². The zero-order valence-electron chi connectivity index (χ0n) is 14.2. The van der Waals surface area contributed by atoms with Gasteiger partial charge in [-0.25, -0.2) is 14.2 Å². The van der Waals surface area contributed by atoms with Crippen LogP contribution in [0.5, 0.6) is 0 Å². The Kier molecular flexibility index (Phi) is 6.22. The second-order valence-electron chi connectivity index (χ2n) is 5.44. The summed E-state index contributed by atoms with van der Waals surface area (Å²) in [6, 6.07) is 3.23. The second-order valence-corrected chi connectivity index (χ2v) is 6.33. The highest BCUT2D eigenvalue weighted by molar-refractivity contribution is 7.09. The minimum Gasteiger partial charge on any atom is -0.478 e. The summed E-state index contributed by atoms with van der Waals surface area (Å²) >= 11 is 1.44. The number of benzene rings is 1. The third-order valence-electron chi connectivity index (χ3n) is 3.53. The van der Waals surface area contributed by atoms with Gasteiger partial charge in [0.15, 0.2) is 0 Å². The topological polar surface area (TPSA) is 79.7 Å². The molecule has 1 amide bonds. The van der Waals surface area contributed by atoms with Crippen molar-refractivity contribution in [2.75, 3.05) is 13.7 Å². The molecule has 0 saturated heterocycles. The van der Waals surface area contributed by atoms with E-state index in [0.717, 1.165) is 11.1 Å². The van der Waals surface area contributed by atoms with E-state index in [0.29, 0.717) is 12.3 Å². The van der Waals surface area contributed by atoms with Crippen LogP contribution >= 0.6 is 11.3 Å². The van der Waals surface area contributed by atoms with Gasteiger partial charge in [-0.15, -0.1) is 11.3 Å². The van der Waals surface area contributed by atoms with Gasteiger partial charge in [0.1, 0.15) is 16.9 Å². The molecule has 134 valence electrons. The SMILES string of the molecule is CCOC(C)c1nc(CN(C)C(=O)c2ccc(C(=O)O)cc2F)cs1. The Morgan fingerprint density at radius 2 is 2.16 bits per heavy atom. The summed E-state index contributed by atoms with van der Waals surface area (Å²) in [5.41, 5.74) is 0.307. The first-order valence-electron chi connectivity index (χ1n) is 7.67. The van der Waals surface area contributed by atoms with Crippen LogP contribution < -0.4 is 0 Å². The molecule has 0 aliphatic heterocycles. The molecular formula is C17H19FN2O4S. The third-order valence-corrected chi connectivity index (χ3v) is 4.58. The fourth-order valence-corrected chi connectivity index (χ4v) is 3.06. The van der Waals surface area contributed by atoms with Gasteiger partial charge in [-0.3, -0.25) is 4.79 Å². The number of hydrogen-bond donors (Lipinski definition) is 1. The number of nitrogens with zero attached hydrogens (tertiary/aromatic N) is 2. The smallest absolute Gasteiger partial charge is 0.335 e. The summed E-state index contributed by atoms with van der Waals surface area (Å²) in [5.74, 6) is -2.65. The lowest BCUT2D eigenvalue weighted by Gasteiger charge is -2.16. The number of rotatable bonds is 7. The van der Waals surface area contributed by atoms with Gasteiger partial charge in [0, 0.05) is 19.0 Å². The molecule has 6 nitrogen and oxygen atoms in total. The number of thiazole rings is 1. The number of ether oxygens (including phenoxy) is 1. The van der Waals surface area contributed by atoms with Crippen LogP contribution in [0, 0.1) is 5.82 Å². The molecule has 2 aromatic rings. The van der Waals surface area contributed by atoms with E-state index in [1.807, 2.05) is 19.2 Å². The maximum atomic E-state index is 14.0. The number of aromatic nitrogens is 1. The van der Waals surface area contributed by atoms with Crippen molar-refractivity contribution in [1.82, 2.24) is 9.88 Å². The number of halogens is 1. The quantitative estimate of drug-likeness (QED) is 0.813. The van der Waals surface area contributed by atoms with Crippen LogP contribution in [0.1, 0.15) is 51.4 Å². The average Bonchev–Trinajstić information content (AvgIpc) is 3.02. The standard InChI is InChI=1S/C17H19FN2O4S/c1-4-24-10(2)15-19-12(9-25-15)8-20(3)16(21)13-6-5-11(17(22)23)7-14(13)18/h5-7,9-10H,4,8H2,1-3H3,(H,22,23). The molecule has 1 aromatic carbocycles. The Hall–Kier alpha value is -2.32. The van der Waals surface area contributed by atoms with E-state index in [2.05, 4.69) is 4.98 Å². The lowest BCUT2D eigenvalue weighted by Crippen LogP contribution is -2.27. The molecule has 2 rings (SSSR count). The van der Waals surface area contributed by atoms with Gasteiger partial charge in [0.2, 0.25) is 0 Å². The molecule has 1 heterocycles.